The molecule has 1 fully saturated rings. The van der Waals surface area contributed by atoms with E-state index in [9.17, 15) is 19.0 Å². The molecule has 1 atom stereocenters. The number of ether oxygens (including phenoxy) is 2. The van der Waals surface area contributed by atoms with Crippen LogP contribution in [0.1, 0.15) is 37.9 Å². The number of nitrogens with one attached hydrogen (secondary N) is 2. The Bertz CT molecular complexity index is 1210. The molecule has 1 aliphatic heterocycles. The van der Waals surface area contributed by atoms with Gasteiger partial charge in [0.15, 0.2) is 5.82 Å². The average molecular weight is 568 g/mol. The van der Waals surface area contributed by atoms with Crippen molar-refractivity contribution in [3.05, 3.63) is 40.2 Å². The molecule has 1 saturated heterocycles. The van der Waals surface area contributed by atoms with Crippen LogP contribution in [0.25, 0.3) is 17.0 Å². The average Bonchev–Trinajstić information content (AvgIpc) is 2.89. The number of aromatic nitrogens is 2. The molecule has 0 aliphatic carbocycles. The van der Waals surface area contributed by atoms with E-state index in [4.69, 9.17) is 36.5 Å². The molecule has 1 aliphatic rings. The number of anilines is 1. The van der Waals surface area contributed by atoms with E-state index >= 15 is 0 Å². The van der Waals surface area contributed by atoms with Crippen molar-refractivity contribution in [2.75, 3.05) is 45.3 Å². The van der Waals surface area contributed by atoms with Crippen LogP contribution in [0.4, 0.5) is 14.6 Å². The molecule has 2 aromatic rings. The summed E-state index contributed by atoms with van der Waals surface area (Å²) in [6, 6.07) is 4.95. The van der Waals surface area contributed by atoms with Crippen LogP contribution in [-0.2, 0) is 4.74 Å². The number of piperidine rings is 1. The first-order valence-electron chi connectivity index (χ1n) is 12.6. The van der Waals surface area contributed by atoms with Gasteiger partial charge in [-0.25, -0.2) is 18.7 Å². The number of aliphatic hydroxyl groups is 2. The number of hydrogen-bond acceptors (Lipinski definition) is 9. The predicted molar refractivity (Wildman–Crippen MR) is 148 cm³/mol. The Labute approximate surface area is 232 Å². The summed E-state index contributed by atoms with van der Waals surface area (Å²) in [6.45, 7) is 5.73. The van der Waals surface area contributed by atoms with E-state index in [0.29, 0.717) is 40.0 Å². The first kappa shape index (κ1) is 30.7. The van der Waals surface area contributed by atoms with Crippen LogP contribution in [0.3, 0.4) is 0 Å². The predicted octanol–water partition coefficient (Wildman–Crippen LogP) is 4.64. The van der Waals surface area contributed by atoms with Gasteiger partial charge in [-0.05, 0) is 58.9 Å². The van der Waals surface area contributed by atoms with Crippen molar-refractivity contribution in [2.45, 2.75) is 51.7 Å². The Kier molecular flexibility index (Phi) is 10.2. The number of alkyl halides is 2. The molecule has 0 radical (unpaired) electrons. The van der Waals surface area contributed by atoms with Gasteiger partial charge < -0.3 is 35.3 Å². The number of allylic oxidation sites excluding steroid dienone is 2. The van der Waals surface area contributed by atoms with Crippen LogP contribution in [0.5, 0.6) is 5.75 Å². The third kappa shape index (κ3) is 6.84. The van der Waals surface area contributed by atoms with Gasteiger partial charge in [0.25, 0.3) is 6.43 Å². The van der Waals surface area contributed by atoms with E-state index in [1.807, 2.05) is 4.90 Å². The highest BCUT2D eigenvalue weighted by molar-refractivity contribution is 6.33. The maximum atomic E-state index is 13.8. The maximum Gasteiger partial charge on any atom is 0.267 e. The number of methoxy groups -OCH3 is 1. The third-order valence-electron chi connectivity index (χ3n) is 6.87. The lowest BCUT2D eigenvalue weighted by Gasteiger charge is -2.41. The first-order valence-corrected chi connectivity index (χ1v) is 13.0. The quantitative estimate of drug-likeness (QED) is 0.229. The van der Waals surface area contributed by atoms with Crippen LogP contribution in [0.2, 0.25) is 5.02 Å². The molecular formula is C27H36ClF2N5O4. The van der Waals surface area contributed by atoms with Gasteiger partial charge in [-0.15, -0.1) is 0 Å². The Hall–Kier alpha value is -2.86. The number of aliphatic hydroxyl groups excluding tert-OH is 2. The molecule has 1 aromatic carbocycles. The van der Waals surface area contributed by atoms with Gasteiger partial charge in [0.1, 0.15) is 35.6 Å². The second-order valence-electron chi connectivity index (χ2n) is 9.65. The van der Waals surface area contributed by atoms with Crippen molar-refractivity contribution in [2.24, 2.45) is 0 Å². The topological polar surface area (TPSA) is 124 Å². The van der Waals surface area contributed by atoms with Crippen molar-refractivity contribution in [1.29, 1.82) is 5.41 Å². The Morgan fingerprint density at radius 3 is 2.46 bits per heavy atom. The lowest BCUT2D eigenvalue weighted by Crippen LogP contribution is -2.50. The van der Waals surface area contributed by atoms with Gasteiger partial charge in [-0.3, -0.25) is 0 Å². The van der Waals surface area contributed by atoms with Gasteiger partial charge in [0.2, 0.25) is 0 Å². The largest absolute Gasteiger partial charge is 0.512 e. The molecule has 2 heterocycles. The summed E-state index contributed by atoms with van der Waals surface area (Å²) in [5.41, 5.74) is 0.195. The molecule has 4 N–H and O–H groups in total. The minimum Gasteiger partial charge on any atom is -0.512 e. The first-order chi connectivity index (χ1) is 18.4. The summed E-state index contributed by atoms with van der Waals surface area (Å²) < 4.78 is 38.5. The molecule has 39 heavy (non-hydrogen) atoms. The van der Waals surface area contributed by atoms with Gasteiger partial charge in [0.05, 0.1) is 16.3 Å². The van der Waals surface area contributed by atoms with Crippen LogP contribution in [-0.4, -0.2) is 84.4 Å². The number of rotatable bonds is 11. The molecule has 9 nitrogen and oxygen atoms in total. The fraction of sp³-hybridized carbons (Fsp3) is 0.519. The number of halogens is 3. The highest BCUT2D eigenvalue weighted by Gasteiger charge is 2.43. The monoisotopic (exact) mass is 567 g/mol. The Morgan fingerprint density at radius 1 is 1.26 bits per heavy atom. The van der Waals surface area contributed by atoms with Crippen molar-refractivity contribution in [1.82, 2.24) is 15.3 Å². The smallest absolute Gasteiger partial charge is 0.267 e. The fourth-order valence-corrected chi connectivity index (χ4v) is 4.86. The van der Waals surface area contributed by atoms with Gasteiger partial charge in [-0.2, -0.15) is 0 Å². The third-order valence-corrected chi connectivity index (χ3v) is 7.20. The summed E-state index contributed by atoms with van der Waals surface area (Å²) in [5.74, 6) is 1.06. The highest BCUT2D eigenvalue weighted by atomic mass is 35.5. The summed E-state index contributed by atoms with van der Waals surface area (Å²) in [5, 5.41) is 31.9. The number of nitrogens with zero attached hydrogens (tertiary/aromatic N) is 3. The van der Waals surface area contributed by atoms with Crippen molar-refractivity contribution < 1.29 is 28.5 Å². The van der Waals surface area contributed by atoms with Crippen LogP contribution in [0.15, 0.2) is 24.0 Å². The number of likely N-dealkylation sites (N-methyl/N-ethyl adjacent to an activating group) is 1. The molecule has 0 amide bonds. The number of hydrogen-bond donors (Lipinski definition) is 4. The minimum absolute atomic E-state index is 0.0515. The van der Waals surface area contributed by atoms with Crippen molar-refractivity contribution in [3.8, 4) is 17.1 Å². The minimum atomic E-state index is -2.62. The van der Waals surface area contributed by atoms with Crippen molar-refractivity contribution in [3.63, 3.8) is 0 Å². The van der Waals surface area contributed by atoms with E-state index < -0.39 is 18.1 Å². The van der Waals surface area contributed by atoms with Crippen LogP contribution >= 0.6 is 11.6 Å². The summed E-state index contributed by atoms with van der Waals surface area (Å²) in [6.07, 6.45) is -3.15. The van der Waals surface area contributed by atoms with E-state index in [0.717, 1.165) is 0 Å². The lowest BCUT2D eigenvalue weighted by atomic mass is 9.91. The second-order valence-corrected chi connectivity index (χ2v) is 10.1. The molecular weight excluding hydrogens is 532 g/mol. The summed E-state index contributed by atoms with van der Waals surface area (Å²) in [7, 11) is 3.03. The van der Waals surface area contributed by atoms with Gasteiger partial charge >= 0.3 is 0 Å². The summed E-state index contributed by atoms with van der Waals surface area (Å²) >= 11 is 6.56. The summed E-state index contributed by atoms with van der Waals surface area (Å²) in [4.78, 5) is 11.4. The SMILES string of the molecule is CNC[C@@H](O)COc1ccc(Cl)c(-c2nc(/C(C(C)=N)=C(\C)O)c(C)c(N3CCC(OC)(C(F)F)CC3)n2)c1. The van der Waals surface area contributed by atoms with E-state index in [1.54, 1.807) is 39.1 Å². The Morgan fingerprint density at radius 2 is 1.92 bits per heavy atom. The molecule has 0 spiro atoms. The van der Waals surface area contributed by atoms with Crippen LogP contribution in [0, 0.1) is 12.3 Å². The van der Waals surface area contributed by atoms with E-state index in [1.165, 1.54) is 14.0 Å². The van der Waals surface area contributed by atoms with Gasteiger partial charge in [-0.1, -0.05) is 11.6 Å². The lowest BCUT2D eigenvalue weighted by molar-refractivity contribution is -0.133. The van der Waals surface area contributed by atoms with E-state index in [-0.39, 0.29) is 55.4 Å². The van der Waals surface area contributed by atoms with Gasteiger partial charge in [0, 0.05) is 43.6 Å². The molecule has 3 rings (SSSR count). The normalized spacial score (nSPS) is 16.7. The molecule has 0 bridgehead atoms. The zero-order valence-corrected chi connectivity index (χ0v) is 23.6. The van der Waals surface area contributed by atoms with Crippen molar-refractivity contribution >= 4 is 28.7 Å². The molecule has 0 unspecified atom stereocenters. The zero-order chi connectivity index (χ0) is 28.9. The molecule has 0 saturated carbocycles. The Balaban J connectivity index is 2.11. The van der Waals surface area contributed by atoms with Crippen LogP contribution < -0.4 is 15.0 Å². The highest BCUT2D eigenvalue weighted by Crippen LogP contribution is 2.38. The molecule has 1 aromatic heterocycles. The second kappa shape index (κ2) is 13.0. The standard InChI is InChI=1S/C27H36ClF2N5O4/c1-15-23(22(16(2)31)17(3)36)33-24(20-12-19(6-7-21(20)28)39-14-18(37)13-32-4)34-25(15)35-10-8-27(38-5,9-11-35)26(29)30/h6-7,12,18,26,31-32,36-37H,8-11,13-14H2,1-5H3/b22-17+,31-16?/t18-/m1/s1. The molecule has 12 heteroatoms. The van der Waals surface area contributed by atoms with E-state index in [2.05, 4.69) is 5.32 Å². The zero-order valence-electron chi connectivity index (χ0n) is 22.8. The number of benzene rings is 1. The fourth-order valence-electron chi connectivity index (χ4n) is 4.66. The molecule has 214 valence electrons. The maximum absolute atomic E-state index is 13.8.